The molecular formula is C25H33Cl2N3O4S. The Hall–Kier alpha value is -2.29. The van der Waals surface area contributed by atoms with Crippen LogP contribution in [0.15, 0.2) is 36.4 Å². The number of benzene rings is 2. The molecule has 1 atom stereocenters. The number of hydrogen-bond acceptors (Lipinski definition) is 4. The largest absolute Gasteiger partial charge is 0.354 e. The van der Waals surface area contributed by atoms with Crippen molar-refractivity contribution in [1.29, 1.82) is 0 Å². The molecule has 192 valence electrons. The summed E-state index contributed by atoms with van der Waals surface area (Å²) in [6.45, 7) is 7.36. The van der Waals surface area contributed by atoms with Crippen molar-refractivity contribution in [3.63, 3.8) is 0 Å². The molecule has 0 aliphatic carbocycles. The molecule has 2 aromatic carbocycles. The maximum atomic E-state index is 13.7. The first-order valence-corrected chi connectivity index (χ1v) is 14.1. The summed E-state index contributed by atoms with van der Waals surface area (Å²) in [7, 11) is -3.81. The number of amides is 2. The highest BCUT2D eigenvalue weighted by atomic mass is 35.5. The van der Waals surface area contributed by atoms with Crippen LogP contribution < -0.4 is 9.62 Å². The quantitative estimate of drug-likeness (QED) is 0.446. The van der Waals surface area contributed by atoms with E-state index in [0.717, 1.165) is 28.1 Å². The molecule has 0 aliphatic rings. The number of aryl methyl sites for hydroxylation is 1. The molecule has 1 N–H and O–H groups in total. The third kappa shape index (κ3) is 7.35. The van der Waals surface area contributed by atoms with E-state index in [1.54, 1.807) is 37.3 Å². The van der Waals surface area contributed by atoms with Crippen molar-refractivity contribution in [3.8, 4) is 0 Å². The molecule has 35 heavy (non-hydrogen) atoms. The summed E-state index contributed by atoms with van der Waals surface area (Å²) < 4.78 is 26.6. The summed E-state index contributed by atoms with van der Waals surface area (Å²) in [5.74, 6) is -0.852. The maximum Gasteiger partial charge on any atom is 0.244 e. The Morgan fingerprint density at radius 1 is 1.03 bits per heavy atom. The van der Waals surface area contributed by atoms with E-state index in [-0.39, 0.29) is 12.5 Å². The lowest BCUT2D eigenvalue weighted by Gasteiger charge is -2.33. The SMILES string of the molecule is CCCNC(=O)[C@@H](CC)N(Cc1c(Cl)cccc1Cl)C(=O)CN(c1cccc(C)c1C)S(C)(=O)=O. The molecule has 0 saturated carbocycles. The van der Waals surface area contributed by atoms with Gasteiger partial charge in [-0.3, -0.25) is 13.9 Å². The van der Waals surface area contributed by atoms with Gasteiger partial charge in [0.1, 0.15) is 12.6 Å². The van der Waals surface area contributed by atoms with E-state index in [1.165, 1.54) is 4.90 Å². The van der Waals surface area contributed by atoms with Crippen molar-refractivity contribution in [2.75, 3.05) is 23.7 Å². The first-order chi connectivity index (χ1) is 16.4. The first-order valence-electron chi connectivity index (χ1n) is 11.5. The van der Waals surface area contributed by atoms with Crippen LogP contribution in [0.3, 0.4) is 0 Å². The van der Waals surface area contributed by atoms with Crippen LogP contribution in [0.25, 0.3) is 0 Å². The lowest BCUT2D eigenvalue weighted by molar-refractivity contribution is -0.140. The van der Waals surface area contributed by atoms with Crippen LogP contribution in [-0.2, 0) is 26.2 Å². The molecular weight excluding hydrogens is 509 g/mol. The Bertz CT molecular complexity index is 1150. The minimum atomic E-state index is -3.81. The predicted octanol–water partition coefficient (Wildman–Crippen LogP) is 4.71. The number of nitrogens with zero attached hydrogens (tertiary/aromatic N) is 2. The van der Waals surface area contributed by atoms with E-state index < -0.39 is 28.5 Å². The summed E-state index contributed by atoms with van der Waals surface area (Å²) in [6.07, 6.45) is 2.12. The van der Waals surface area contributed by atoms with Crippen LogP contribution in [0.2, 0.25) is 10.0 Å². The second kappa shape index (κ2) is 12.6. The van der Waals surface area contributed by atoms with Crippen LogP contribution in [0.4, 0.5) is 5.69 Å². The number of halogens is 2. The predicted molar refractivity (Wildman–Crippen MR) is 142 cm³/mol. The average Bonchev–Trinajstić information content (AvgIpc) is 2.79. The third-order valence-electron chi connectivity index (χ3n) is 5.85. The molecule has 2 aromatic rings. The summed E-state index contributed by atoms with van der Waals surface area (Å²) in [5, 5.41) is 3.55. The summed E-state index contributed by atoms with van der Waals surface area (Å²) in [6, 6.07) is 9.45. The molecule has 0 bridgehead atoms. The smallest absolute Gasteiger partial charge is 0.244 e. The number of hydrogen-bond donors (Lipinski definition) is 1. The number of anilines is 1. The van der Waals surface area contributed by atoms with Crippen LogP contribution in [0.5, 0.6) is 0 Å². The van der Waals surface area contributed by atoms with Gasteiger partial charge in [0.05, 0.1) is 11.9 Å². The van der Waals surface area contributed by atoms with Gasteiger partial charge in [-0.2, -0.15) is 0 Å². The van der Waals surface area contributed by atoms with Crippen molar-refractivity contribution in [2.24, 2.45) is 0 Å². The van der Waals surface area contributed by atoms with Gasteiger partial charge < -0.3 is 10.2 Å². The van der Waals surface area contributed by atoms with E-state index in [4.69, 9.17) is 23.2 Å². The zero-order valence-corrected chi connectivity index (χ0v) is 23.1. The van der Waals surface area contributed by atoms with Crippen LogP contribution in [0, 0.1) is 13.8 Å². The van der Waals surface area contributed by atoms with Gasteiger partial charge in [-0.05, 0) is 56.0 Å². The number of carbonyl (C=O) groups is 2. The van der Waals surface area contributed by atoms with Gasteiger partial charge in [0, 0.05) is 28.7 Å². The Balaban J connectivity index is 2.53. The van der Waals surface area contributed by atoms with Gasteiger partial charge >= 0.3 is 0 Å². The fourth-order valence-electron chi connectivity index (χ4n) is 3.74. The van der Waals surface area contributed by atoms with Crippen molar-refractivity contribution >= 4 is 50.7 Å². The Kier molecular flexibility index (Phi) is 10.4. The van der Waals surface area contributed by atoms with Crippen LogP contribution in [-0.4, -0.2) is 50.5 Å². The molecule has 7 nitrogen and oxygen atoms in total. The van der Waals surface area contributed by atoms with Crippen LogP contribution in [0.1, 0.15) is 43.4 Å². The van der Waals surface area contributed by atoms with Gasteiger partial charge in [-0.25, -0.2) is 8.42 Å². The number of rotatable bonds is 11. The zero-order chi connectivity index (χ0) is 26.3. The van der Waals surface area contributed by atoms with E-state index >= 15 is 0 Å². The lowest BCUT2D eigenvalue weighted by Crippen LogP contribution is -2.52. The van der Waals surface area contributed by atoms with E-state index in [2.05, 4.69) is 5.32 Å². The minimum Gasteiger partial charge on any atom is -0.354 e. The molecule has 0 aliphatic heterocycles. The van der Waals surface area contributed by atoms with E-state index in [0.29, 0.717) is 34.3 Å². The molecule has 0 fully saturated rings. The van der Waals surface area contributed by atoms with Crippen LogP contribution >= 0.6 is 23.2 Å². The van der Waals surface area contributed by atoms with E-state index in [9.17, 15) is 18.0 Å². The molecule has 0 aromatic heterocycles. The summed E-state index contributed by atoms with van der Waals surface area (Å²) in [5.41, 5.74) is 2.55. The topological polar surface area (TPSA) is 86.8 Å². The molecule has 2 amide bonds. The van der Waals surface area contributed by atoms with E-state index in [1.807, 2.05) is 26.8 Å². The lowest BCUT2D eigenvalue weighted by atomic mass is 10.1. The molecule has 0 unspecified atom stereocenters. The second-order valence-corrected chi connectivity index (χ2v) is 11.1. The third-order valence-corrected chi connectivity index (χ3v) is 7.68. The minimum absolute atomic E-state index is 0.0419. The Morgan fingerprint density at radius 2 is 1.63 bits per heavy atom. The first kappa shape index (κ1) is 28.9. The standard InChI is InChI=1S/C25H33Cl2N3O4S/c1-6-14-28-25(32)22(7-2)29(15-19-20(26)11-9-12-21(19)27)24(31)16-30(35(5,33)34)23-13-8-10-17(3)18(23)4/h8-13,22H,6-7,14-16H2,1-5H3,(H,28,32)/t22-/m1/s1. The van der Waals surface area contributed by atoms with Gasteiger partial charge in [-0.1, -0.05) is 55.2 Å². The van der Waals surface area contributed by atoms with Crippen molar-refractivity contribution in [3.05, 3.63) is 63.1 Å². The van der Waals surface area contributed by atoms with Gasteiger partial charge in [0.25, 0.3) is 0 Å². The highest BCUT2D eigenvalue weighted by Gasteiger charge is 2.32. The maximum absolute atomic E-state index is 13.7. The average molecular weight is 543 g/mol. The van der Waals surface area contributed by atoms with Gasteiger partial charge in [-0.15, -0.1) is 0 Å². The van der Waals surface area contributed by atoms with Crippen molar-refractivity contribution in [2.45, 2.75) is 53.1 Å². The summed E-state index contributed by atoms with van der Waals surface area (Å²) in [4.78, 5) is 28.1. The molecule has 0 spiro atoms. The number of nitrogens with one attached hydrogen (secondary N) is 1. The highest BCUT2D eigenvalue weighted by Crippen LogP contribution is 2.28. The molecule has 10 heteroatoms. The second-order valence-electron chi connectivity index (χ2n) is 8.43. The molecule has 0 radical (unpaired) electrons. The fraction of sp³-hybridized carbons (Fsp3) is 0.440. The molecule has 0 saturated heterocycles. The normalized spacial score (nSPS) is 12.2. The Morgan fingerprint density at radius 3 is 2.17 bits per heavy atom. The highest BCUT2D eigenvalue weighted by molar-refractivity contribution is 7.92. The fourth-order valence-corrected chi connectivity index (χ4v) is 5.16. The number of sulfonamides is 1. The Labute approximate surface area is 218 Å². The number of carbonyl (C=O) groups excluding carboxylic acids is 2. The monoisotopic (exact) mass is 541 g/mol. The van der Waals surface area contributed by atoms with Crippen molar-refractivity contribution in [1.82, 2.24) is 10.2 Å². The van der Waals surface area contributed by atoms with Gasteiger partial charge in [0.2, 0.25) is 21.8 Å². The zero-order valence-electron chi connectivity index (χ0n) is 20.8. The van der Waals surface area contributed by atoms with Gasteiger partial charge in [0.15, 0.2) is 0 Å². The van der Waals surface area contributed by atoms with Crippen molar-refractivity contribution < 1.29 is 18.0 Å². The summed E-state index contributed by atoms with van der Waals surface area (Å²) >= 11 is 12.7. The molecule has 0 heterocycles. The molecule has 2 rings (SSSR count).